The monoisotopic (exact) mass is 366 g/mol. The Balaban J connectivity index is 2.53. The number of aliphatic carboxylic acids is 1. The number of sulfonamides is 1. The molecule has 0 aromatic heterocycles. The average molecular weight is 366 g/mol. The Morgan fingerprint density at radius 3 is 2.40 bits per heavy atom. The number of rotatable bonds is 7. The number of hydrogen-bond donors (Lipinski definition) is 1. The van der Waals surface area contributed by atoms with Crippen LogP contribution < -0.4 is 9.04 Å². The molecule has 2 aromatic rings. The topological polar surface area (TPSA) is 127 Å². The van der Waals surface area contributed by atoms with Crippen LogP contribution in [0, 0.1) is 10.1 Å². The molecule has 132 valence electrons. The zero-order valence-corrected chi connectivity index (χ0v) is 13.8. The highest BCUT2D eigenvalue weighted by Gasteiger charge is 2.28. The van der Waals surface area contributed by atoms with E-state index in [-0.39, 0.29) is 10.6 Å². The van der Waals surface area contributed by atoms with E-state index in [1.54, 1.807) is 0 Å². The number of nitro groups is 1. The molecule has 0 unspecified atom stereocenters. The van der Waals surface area contributed by atoms with Gasteiger partial charge in [-0.1, -0.05) is 6.07 Å². The molecule has 2 aromatic carbocycles. The van der Waals surface area contributed by atoms with Crippen molar-refractivity contribution in [1.29, 1.82) is 0 Å². The Bertz CT molecular complexity index is 894. The van der Waals surface area contributed by atoms with Crippen molar-refractivity contribution < 1.29 is 28.0 Å². The molecule has 10 heteroatoms. The maximum absolute atomic E-state index is 12.8. The molecule has 0 saturated carbocycles. The number of ether oxygens (including phenoxy) is 1. The smallest absolute Gasteiger partial charge is 0.324 e. The number of benzene rings is 2. The van der Waals surface area contributed by atoms with Crippen LogP contribution in [0.3, 0.4) is 0 Å². The van der Waals surface area contributed by atoms with Crippen LogP contribution in [0.5, 0.6) is 5.75 Å². The minimum Gasteiger partial charge on any atom is -0.497 e. The molecule has 0 aliphatic heterocycles. The molecule has 25 heavy (non-hydrogen) atoms. The molecule has 0 saturated heterocycles. The second-order valence-corrected chi connectivity index (χ2v) is 6.72. The Morgan fingerprint density at radius 1 is 1.24 bits per heavy atom. The Labute approximate surface area is 143 Å². The third-order valence-corrected chi connectivity index (χ3v) is 5.03. The first-order valence-electron chi connectivity index (χ1n) is 6.89. The SMILES string of the molecule is COc1ccc(N(CC(=O)O)S(=O)(=O)c2cccc([N+](=O)[O-])c2)cc1. The molecular weight excluding hydrogens is 352 g/mol. The van der Waals surface area contributed by atoms with Crippen molar-refractivity contribution in [3.8, 4) is 5.75 Å². The first kappa shape index (κ1) is 18.2. The summed E-state index contributed by atoms with van der Waals surface area (Å²) in [7, 11) is -2.88. The van der Waals surface area contributed by atoms with Crippen LogP contribution in [0.4, 0.5) is 11.4 Å². The van der Waals surface area contributed by atoms with E-state index in [1.165, 1.54) is 43.5 Å². The summed E-state index contributed by atoms with van der Waals surface area (Å²) < 4.78 is 31.3. The second kappa shape index (κ2) is 7.18. The number of methoxy groups -OCH3 is 1. The fraction of sp³-hybridized carbons (Fsp3) is 0.133. The van der Waals surface area contributed by atoms with Crippen molar-refractivity contribution in [2.45, 2.75) is 4.90 Å². The van der Waals surface area contributed by atoms with Gasteiger partial charge in [0.15, 0.2) is 0 Å². The van der Waals surface area contributed by atoms with Crippen LogP contribution in [-0.4, -0.2) is 38.1 Å². The van der Waals surface area contributed by atoms with Crippen LogP contribution in [-0.2, 0) is 14.8 Å². The quantitative estimate of drug-likeness (QED) is 0.585. The molecule has 0 bridgehead atoms. The van der Waals surface area contributed by atoms with Gasteiger partial charge in [0.25, 0.3) is 15.7 Å². The van der Waals surface area contributed by atoms with Crippen LogP contribution in [0.1, 0.15) is 0 Å². The van der Waals surface area contributed by atoms with E-state index in [9.17, 15) is 23.3 Å². The Hall–Kier alpha value is -3.14. The minimum atomic E-state index is -4.32. The number of carboxylic acids is 1. The van der Waals surface area contributed by atoms with Gasteiger partial charge in [-0.25, -0.2) is 8.42 Å². The second-order valence-electron chi connectivity index (χ2n) is 4.86. The van der Waals surface area contributed by atoms with E-state index in [1.807, 2.05) is 0 Å². The number of nitrogens with zero attached hydrogens (tertiary/aromatic N) is 2. The van der Waals surface area contributed by atoms with Crippen LogP contribution in [0.2, 0.25) is 0 Å². The van der Waals surface area contributed by atoms with Crippen molar-refractivity contribution in [3.05, 3.63) is 58.6 Å². The van der Waals surface area contributed by atoms with E-state index in [2.05, 4.69) is 0 Å². The number of nitro benzene ring substituents is 1. The Morgan fingerprint density at radius 2 is 1.88 bits per heavy atom. The molecular formula is C15H14N2O7S. The largest absolute Gasteiger partial charge is 0.497 e. The first-order valence-corrected chi connectivity index (χ1v) is 8.33. The molecule has 0 spiro atoms. The first-order chi connectivity index (χ1) is 11.8. The van der Waals surface area contributed by atoms with Crippen molar-refractivity contribution in [2.75, 3.05) is 18.0 Å². The average Bonchev–Trinajstić information content (AvgIpc) is 2.59. The van der Waals surface area contributed by atoms with Crippen molar-refractivity contribution in [1.82, 2.24) is 0 Å². The molecule has 0 amide bonds. The highest BCUT2D eigenvalue weighted by Crippen LogP contribution is 2.27. The lowest BCUT2D eigenvalue weighted by atomic mass is 10.3. The van der Waals surface area contributed by atoms with Gasteiger partial charge in [0.05, 0.1) is 22.6 Å². The van der Waals surface area contributed by atoms with Crippen LogP contribution >= 0.6 is 0 Å². The van der Waals surface area contributed by atoms with Crippen LogP contribution in [0.25, 0.3) is 0 Å². The fourth-order valence-electron chi connectivity index (χ4n) is 2.07. The van der Waals surface area contributed by atoms with Gasteiger partial charge in [-0.05, 0) is 30.3 Å². The molecule has 0 aliphatic carbocycles. The summed E-state index contributed by atoms with van der Waals surface area (Å²) in [6.45, 7) is -0.836. The summed E-state index contributed by atoms with van der Waals surface area (Å²) in [5, 5.41) is 19.9. The standard InChI is InChI=1S/C15H14N2O7S/c1-24-13-7-5-11(6-8-13)16(10-15(18)19)25(22,23)14-4-2-3-12(9-14)17(20)21/h2-9H,10H2,1H3,(H,18,19). The van der Waals surface area contributed by atoms with Crippen molar-refractivity contribution in [3.63, 3.8) is 0 Å². The van der Waals surface area contributed by atoms with Crippen molar-refractivity contribution >= 4 is 27.4 Å². The summed E-state index contributed by atoms with van der Waals surface area (Å²) in [5.41, 5.74) is -0.319. The Kier molecular flexibility index (Phi) is 5.22. The summed E-state index contributed by atoms with van der Waals surface area (Å²) in [6.07, 6.45) is 0. The maximum Gasteiger partial charge on any atom is 0.324 e. The van der Waals surface area contributed by atoms with Gasteiger partial charge in [-0.15, -0.1) is 0 Å². The third kappa shape index (κ3) is 4.04. The van der Waals surface area contributed by atoms with Gasteiger partial charge in [-0.3, -0.25) is 19.2 Å². The minimum absolute atomic E-state index is 0.0923. The molecule has 0 radical (unpaired) electrons. The number of hydrogen-bond acceptors (Lipinski definition) is 6. The number of non-ortho nitro benzene ring substituents is 1. The van der Waals surface area contributed by atoms with Crippen molar-refractivity contribution in [2.24, 2.45) is 0 Å². The van der Waals surface area contributed by atoms with Gasteiger partial charge in [-0.2, -0.15) is 0 Å². The van der Waals surface area contributed by atoms with E-state index in [0.717, 1.165) is 12.1 Å². The highest BCUT2D eigenvalue weighted by atomic mass is 32.2. The van der Waals surface area contributed by atoms with Gasteiger partial charge in [0, 0.05) is 12.1 Å². The van der Waals surface area contributed by atoms with Gasteiger partial charge in [0.2, 0.25) is 0 Å². The molecule has 9 nitrogen and oxygen atoms in total. The highest BCUT2D eigenvalue weighted by molar-refractivity contribution is 7.92. The van der Waals surface area contributed by atoms with Gasteiger partial charge < -0.3 is 9.84 Å². The molecule has 0 heterocycles. The van der Waals surface area contributed by atoms with E-state index in [0.29, 0.717) is 10.1 Å². The summed E-state index contributed by atoms with van der Waals surface area (Å²) in [4.78, 5) is 20.9. The third-order valence-electron chi connectivity index (χ3n) is 3.26. The zero-order chi connectivity index (χ0) is 18.6. The van der Waals surface area contributed by atoms with E-state index < -0.39 is 33.1 Å². The normalized spacial score (nSPS) is 10.9. The summed E-state index contributed by atoms with van der Waals surface area (Å²) in [6, 6.07) is 10.1. The summed E-state index contributed by atoms with van der Waals surface area (Å²) >= 11 is 0. The zero-order valence-electron chi connectivity index (χ0n) is 13.0. The van der Waals surface area contributed by atoms with Crippen LogP contribution in [0.15, 0.2) is 53.4 Å². The molecule has 1 N–H and O–H groups in total. The lowest BCUT2D eigenvalue weighted by Gasteiger charge is -2.22. The van der Waals surface area contributed by atoms with Gasteiger partial charge >= 0.3 is 5.97 Å². The molecule has 0 atom stereocenters. The predicted molar refractivity (Wildman–Crippen MR) is 88.3 cm³/mol. The van der Waals surface area contributed by atoms with E-state index in [4.69, 9.17) is 9.84 Å². The van der Waals surface area contributed by atoms with Gasteiger partial charge in [0.1, 0.15) is 12.3 Å². The number of carboxylic acid groups (broad SMARTS) is 1. The lowest BCUT2D eigenvalue weighted by Crippen LogP contribution is -2.35. The van der Waals surface area contributed by atoms with E-state index >= 15 is 0 Å². The maximum atomic E-state index is 12.8. The molecule has 0 aliphatic rings. The molecule has 2 rings (SSSR count). The summed E-state index contributed by atoms with van der Waals surface area (Å²) in [5.74, 6) is -0.906. The molecule has 0 fully saturated rings. The lowest BCUT2D eigenvalue weighted by molar-refractivity contribution is -0.385. The number of anilines is 1. The number of carbonyl (C=O) groups is 1. The predicted octanol–water partition coefficient (Wildman–Crippen LogP) is 1.88. The fourth-order valence-corrected chi connectivity index (χ4v) is 3.53.